The Morgan fingerprint density at radius 3 is 2.50 bits per heavy atom. The first-order valence-electron chi connectivity index (χ1n) is 6.09. The van der Waals surface area contributed by atoms with Gasteiger partial charge in [-0.3, -0.25) is 10.1 Å². The SMILES string of the molecule is CCN(c1cccc(OC)c1[N+](=O)[O-])C(C)(C)C(=O)O. The van der Waals surface area contributed by atoms with Gasteiger partial charge in [0.05, 0.1) is 12.0 Å². The fourth-order valence-corrected chi connectivity index (χ4v) is 2.06. The van der Waals surface area contributed by atoms with E-state index in [2.05, 4.69) is 0 Å². The van der Waals surface area contributed by atoms with Crippen LogP contribution in [0.4, 0.5) is 11.4 Å². The lowest BCUT2D eigenvalue weighted by molar-refractivity contribution is -0.385. The van der Waals surface area contributed by atoms with E-state index in [1.807, 2.05) is 0 Å². The van der Waals surface area contributed by atoms with E-state index in [1.165, 1.54) is 38.0 Å². The molecule has 0 atom stereocenters. The van der Waals surface area contributed by atoms with Gasteiger partial charge in [0.25, 0.3) is 0 Å². The molecule has 1 N–H and O–H groups in total. The quantitative estimate of drug-likeness (QED) is 0.635. The molecule has 0 aliphatic rings. The van der Waals surface area contributed by atoms with Gasteiger partial charge in [0, 0.05) is 6.54 Å². The van der Waals surface area contributed by atoms with Crippen LogP contribution < -0.4 is 9.64 Å². The molecule has 0 fully saturated rings. The molecular weight excluding hydrogens is 264 g/mol. The minimum atomic E-state index is -1.27. The number of nitro benzene ring substituents is 1. The molecule has 0 unspecified atom stereocenters. The van der Waals surface area contributed by atoms with Gasteiger partial charge in [-0.25, -0.2) is 4.79 Å². The number of nitrogens with zero attached hydrogens (tertiary/aromatic N) is 2. The Bertz CT molecular complexity index is 527. The number of methoxy groups -OCH3 is 1. The molecule has 110 valence electrons. The summed E-state index contributed by atoms with van der Waals surface area (Å²) in [6, 6.07) is 4.60. The minimum Gasteiger partial charge on any atom is -0.490 e. The van der Waals surface area contributed by atoms with E-state index in [0.717, 1.165) is 0 Å². The molecule has 0 heterocycles. The molecule has 0 aliphatic heterocycles. The van der Waals surface area contributed by atoms with Crippen LogP contribution in [-0.2, 0) is 4.79 Å². The van der Waals surface area contributed by atoms with E-state index in [1.54, 1.807) is 13.0 Å². The van der Waals surface area contributed by atoms with Crippen LogP contribution in [0.15, 0.2) is 18.2 Å². The smallest absolute Gasteiger partial charge is 0.333 e. The summed E-state index contributed by atoms with van der Waals surface area (Å²) in [5, 5.41) is 20.6. The van der Waals surface area contributed by atoms with Gasteiger partial charge in [0.1, 0.15) is 11.2 Å². The summed E-state index contributed by atoms with van der Waals surface area (Å²) in [6.07, 6.45) is 0. The minimum absolute atomic E-state index is 0.104. The Balaban J connectivity index is 3.51. The fourth-order valence-electron chi connectivity index (χ4n) is 2.06. The number of nitro groups is 1. The lowest BCUT2D eigenvalue weighted by Crippen LogP contribution is -2.50. The van der Waals surface area contributed by atoms with E-state index in [9.17, 15) is 20.0 Å². The molecule has 0 amide bonds. The van der Waals surface area contributed by atoms with Crippen molar-refractivity contribution in [2.75, 3.05) is 18.6 Å². The number of aliphatic carboxylic acids is 1. The molecule has 0 aromatic heterocycles. The maximum Gasteiger partial charge on any atom is 0.333 e. The molecular formula is C13H18N2O5. The average Bonchev–Trinajstić information content (AvgIpc) is 2.38. The van der Waals surface area contributed by atoms with Gasteiger partial charge in [-0.15, -0.1) is 0 Å². The molecule has 20 heavy (non-hydrogen) atoms. The second-order valence-electron chi connectivity index (χ2n) is 4.69. The Labute approximate surface area is 116 Å². The third kappa shape index (κ3) is 2.66. The molecule has 1 aromatic rings. The molecule has 0 radical (unpaired) electrons. The van der Waals surface area contributed by atoms with Gasteiger partial charge >= 0.3 is 11.7 Å². The first-order chi connectivity index (χ1) is 9.27. The van der Waals surface area contributed by atoms with Gasteiger partial charge in [0.15, 0.2) is 5.75 Å². The number of anilines is 1. The van der Waals surface area contributed by atoms with Crippen molar-refractivity contribution in [1.82, 2.24) is 0 Å². The molecule has 7 heteroatoms. The summed E-state index contributed by atoms with van der Waals surface area (Å²) < 4.78 is 5.00. The fraction of sp³-hybridized carbons (Fsp3) is 0.462. The summed E-state index contributed by atoms with van der Waals surface area (Å²) in [4.78, 5) is 23.6. The van der Waals surface area contributed by atoms with Crippen LogP contribution in [0, 0.1) is 10.1 Å². The van der Waals surface area contributed by atoms with Crippen LogP contribution in [0.5, 0.6) is 5.75 Å². The zero-order valence-electron chi connectivity index (χ0n) is 11.9. The largest absolute Gasteiger partial charge is 0.490 e. The van der Waals surface area contributed by atoms with Crippen molar-refractivity contribution >= 4 is 17.3 Å². The Morgan fingerprint density at radius 1 is 1.50 bits per heavy atom. The molecule has 0 spiro atoms. The van der Waals surface area contributed by atoms with E-state index in [4.69, 9.17) is 4.74 Å². The van der Waals surface area contributed by atoms with Gasteiger partial charge in [0.2, 0.25) is 0 Å². The van der Waals surface area contributed by atoms with Gasteiger partial charge in [-0.05, 0) is 32.9 Å². The third-order valence-corrected chi connectivity index (χ3v) is 3.19. The number of rotatable bonds is 6. The van der Waals surface area contributed by atoms with E-state index in [-0.39, 0.29) is 17.1 Å². The van der Waals surface area contributed by atoms with Crippen molar-refractivity contribution < 1.29 is 19.6 Å². The van der Waals surface area contributed by atoms with Gasteiger partial charge in [-0.1, -0.05) is 6.07 Å². The van der Waals surface area contributed by atoms with E-state index in [0.29, 0.717) is 6.54 Å². The first kappa shape index (κ1) is 15.7. The highest BCUT2D eigenvalue weighted by atomic mass is 16.6. The van der Waals surface area contributed by atoms with E-state index >= 15 is 0 Å². The maximum absolute atomic E-state index is 11.4. The number of carboxylic acids is 1. The highest BCUT2D eigenvalue weighted by molar-refractivity contribution is 5.85. The molecule has 7 nitrogen and oxygen atoms in total. The van der Waals surface area contributed by atoms with Crippen LogP contribution in [0.1, 0.15) is 20.8 Å². The number of likely N-dealkylation sites (N-methyl/N-ethyl adjacent to an activating group) is 1. The number of para-hydroxylation sites is 1. The van der Waals surface area contributed by atoms with Crippen LogP contribution >= 0.6 is 0 Å². The average molecular weight is 282 g/mol. The molecule has 1 rings (SSSR count). The molecule has 1 aromatic carbocycles. The predicted octanol–water partition coefficient (Wildman–Crippen LogP) is 2.29. The van der Waals surface area contributed by atoms with Gasteiger partial charge in [-0.2, -0.15) is 0 Å². The number of benzene rings is 1. The molecule has 0 saturated carbocycles. The molecule has 0 aliphatic carbocycles. The maximum atomic E-state index is 11.4. The lowest BCUT2D eigenvalue weighted by atomic mass is 10.0. The summed E-state index contributed by atoms with van der Waals surface area (Å²) in [5.41, 5.74) is -1.28. The Kier molecular flexibility index (Phi) is 4.54. The number of hydrogen-bond donors (Lipinski definition) is 1. The first-order valence-corrected chi connectivity index (χ1v) is 6.09. The van der Waals surface area contributed by atoms with Crippen molar-refractivity contribution in [3.63, 3.8) is 0 Å². The summed E-state index contributed by atoms with van der Waals surface area (Å²) in [6.45, 7) is 5.06. The number of carboxylic acid groups (broad SMARTS) is 1. The number of ether oxygens (including phenoxy) is 1. The summed E-state index contributed by atoms with van der Waals surface area (Å²) in [5.74, 6) is -0.955. The van der Waals surface area contributed by atoms with E-state index < -0.39 is 16.4 Å². The van der Waals surface area contributed by atoms with Crippen molar-refractivity contribution in [3.8, 4) is 5.75 Å². The Hall–Kier alpha value is -2.31. The lowest BCUT2D eigenvalue weighted by Gasteiger charge is -2.35. The van der Waals surface area contributed by atoms with Gasteiger partial charge < -0.3 is 14.7 Å². The summed E-state index contributed by atoms with van der Waals surface area (Å²) in [7, 11) is 1.34. The van der Waals surface area contributed by atoms with Crippen LogP contribution in [0.2, 0.25) is 0 Å². The van der Waals surface area contributed by atoms with Crippen LogP contribution in [-0.4, -0.2) is 35.2 Å². The highest BCUT2D eigenvalue weighted by Crippen LogP contribution is 2.39. The summed E-state index contributed by atoms with van der Waals surface area (Å²) >= 11 is 0. The highest BCUT2D eigenvalue weighted by Gasteiger charge is 2.38. The standard InChI is InChI=1S/C13H18N2O5/c1-5-14(13(2,3)12(16)17)9-7-6-8-10(20-4)11(9)15(18)19/h6-8H,5H2,1-4H3,(H,16,17). The number of carbonyl (C=O) groups is 1. The third-order valence-electron chi connectivity index (χ3n) is 3.19. The van der Waals surface area contributed by atoms with Crippen LogP contribution in [0.3, 0.4) is 0 Å². The predicted molar refractivity (Wildman–Crippen MR) is 74.4 cm³/mol. The van der Waals surface area contributed by atoms with Crippen LogP contribution in [0.25, 0.3) is 0 Å². The zero-order valence-corrected chi connectivity index (χ0v) is 11.9. The molecule has 0 bridgehead atoms. The monoisotopic (exact) mass is 282 g/mol. The van der Waals surface area contributed by atoms with Crippen molar-refractivity contribution in [3.05, 3.63) is 28.3 Å². The Morgan fingerprint density at radius 2 is 2.10 bits per heavy atom. The van der Waals surface area contributed by atoms with Crippen molar-refractivity contribution in [2.45, 2.75) is 26.3 Å². The normalized spacial score (nSPS) is 11.0. The molecule has 0 saturated heterocycles. The second-order valence-corrected chi connectivity index (χ2v) is 4.69. The number of hydrogen-bond acceptors (Lipinski definition) is 5. The topological polar surface area (TPSA) is 92.9 Å². The second kappa shape index (κ2) is 5.77. The zero-order chi connectivity index (χ0) is 15.5. The van der Waals surface area contributed by atoms with Crippen molar-refractivity contribution in [1.29, 1.82) is 0 Å². The van der Waals surface area contributed by atoms with Crippen molar-refractivity contribution in [2.24, 2.45) is 0 Å².